The molecule has 1 unspecified atom stereocenters. The minimum atomic E-state index is -0.0183. The van der Waals surface area contributed by atoms with E-state index in [1.807, 2.05) is 43.1 Å². The Morgan fingerprint density at radius 2 is 2.23 bits per heavy atom. The molecule has 2 aromatic rings. The number of anilines is 1. The summed E-state index contributed by atoms with van der Waals surface area (Å²) in [5.74, 6) is 0.929. The van der Waals surface area contributed by atoms with E-state index in [0.717, 1.165) is 18.7 Å². The maximum absolute atomic E-state index is 12.7. The Hall–Kier alpha value is -2.54. The minimum Gasteiger partial charge on any atom is -0.375 e. The van der Waals surface area contributed by atoms with Crippen molar-refractivity contribution in [2.24, 2.45) is 0 Å². The zero-order chi connectivity index (χ0) is 18.5. The molecule has 3 rings (SSSR count). The van der Waals surface area contributed by atoms with Crippen LogP contribution in [0.15, 0.2) is 30.9 Å². The van der Waals surface area contributed by atoms with Gasteiger partial charge in [0.25, 0.3) is 5.91 Å². The van der Waals surface area contributed by atoms with Crippen LogP contribution in [0, 0.1) is 6.92 Å². The first-order valence-corrected chi connectivity index (χ1v) is 8.84. The first-order valence-electron chi connectivity index (χ1n) is 8.84. The molecule has 0 aromatic carbocycles. The average molecular weight is 355 g/mol. The summed E-state index contributed by atoms with van der Waals surface area (Å²) in [7, 11) is 3.96. The molecule has 1 atom stereocenters. The molecule has 0 bridgehead atoms. The molecule has 0 radical (unpaired) electrons. The van der Waals surface area contributed by atoms with Crippen molar-refractivity contribution in [3.05, 3.63) is 47.7 Å². The number of pyridine rings is 1. The lowest BCUT2D eigenvalue weighted by atomic mass is 10.1. The van der Waals surface area contributed by atoms with Gasteiger partial charge in [0.2, 0.25) is 0 Å². The third kappa shape index (κ3) is 4.35. The van der Waals surface area contributed by atoms with Crippen molar-refractivity contribution in [3.8, 4) is 0 Å². The van der Waals surface area contributed by atoms with Crippen molar-refractivity contribution < 1.29 is 9.53 Å². The van der Waals surface area contributed by atoms with Gasteiger partial charge in [-0.3, -0.25) is 4.79 Å². The number of rotatable bonds is 5. The molecule has 0 N–H and O–H groups in total. The number of carbonyl (C=O) groups excluding carboxylic acids is 1. The number of ether oxygens (including phenoxy) is 1. The van der Waals surface area contributed by atoms with Gasteiger partial charge < -0.3 is 14.5 Å². The van der Waals surface area contributed by atoms with Gasteiger partial charge >= 0.3 is 0 Å². The third-order valence-corrected chi connectivity index (χ3v) is 4.59. The summed E-state index contributed by atoms with van der Waals surface area (Å²) in [4.78, 5) is 29.0. The second kappa shape index (κ2) is 8.23. The average Bonchev–Trinajstić information content (AvgIpc) is 2.67. The highest BCUT2D eigenvalue weighted by molar-refractivity contribution is 5.94. The summed E-state index contributed by atoms with van der Waals surface area (Å²) in [6.07, 6.45) is 6.68. The lowest BCUT2D eigenvalue weighted by Gasteiger charge is -2.33. The van der Waals surface area contributed by atoms with E-state index in [0.29, 0.717) is 31.0 Å². The van der Waals surface area contributed by atoms with E-state index in [2.05, 4.69) is 21.0 Å². The molecule has 7 nitrogen and oxygen atoms in total. The van der Waals surface area contributed by atoms with E-state index in [1.54, 1.807) is 6.20 Å². The summed E-state index contributed by atoms with van der Waals surface area (Å²) >= 11 is 0. The van der Waals surface area contributed by atoms with Gasteiger partial charge in [-0.2, -0.15) is 0 Å². The predicted octanol–water partition coefficient (Wildman–Crippen LogP) is 1.72. The normalized spacial score (nSPS) is 17.2. The van der Waals surface area contributed by atoms with E-state index in [-0.39, 0.29) is 12.0 Å². The van der Waals surface area contributed by atoms with Gasteiger partial charge in [-0.25, -0.2) is 15.0 Å². The Kier molecular flexibility index (Phi) is 5.78. The highest BCUT2D eigenvalue weighted by atomic mass is 16.5. The zero-order valence-electron chi connectivity index (χ0n) is 15.6. The van der Waals surface area contributed by atoms with Crippen molar-refractivity contribution in [3.63, 3.8) is 0 Å². The van der Waals surface area contributed by atoms with Crippen molar-refractivity contribution in [2.45, 2.75) is 25.9 Å². The van der Waals surface area contributed by atoms with Crippen LogP contribution in [0.3, 0.4) is 0 Å². The number of hydrogen-bond donors (Lipinski definition) is 0. The molecule has 3 heterocycles. The summed E-state index contributed by atoms with van der Waals surface area (Å²) < 4.78 is 5.87. The van der Waals surface area contributed by atoms with Crippen LogP contribution in [0.4, 0.5) is 5.82 Å². The second-order valence-corrected chi connectivity index (χ2v) is 6.72. The monoisotopic (exact) mass is 355 g/mol. The zero-order valence-corrected chi connectivity index (χ0v) is 15.6. The van der Waals surface area contributed by atoms with Crippen LogP contribution >= 0.6 is 0 Å². The molecular formula is C19H25N5O2. The molecule has 1 aliphatic rings. The van der Waals surface area contributed by atoms with Crippen molar-refractivity contribution in [2.75, 3.05) is 38.7 Å². The molecule has 1 amide bonds. The molecule has 2 aromatic heterocycles. The van der Waals surface area contributed by atoms with Gasteiger partial charge in [-0.1, -0.05) is 0 Å². The first kappa shape index (κ1) is 18.3. The lowest BCUT2D eigenvalue weighted by molar-refractivity contribution is -0.0246. The molecule has 138 valence electrons. The van der Waals surface area contributed by atoms with Crippen LogP contribution in [0.2, 0.25) is 0 Å². The third-order valence-electron chi connectivity index (χ3n) is 4.59. The Morgan fingerprint density at radius 3 is 3.00 bits per heavy atom. The number of aryl methyl sites for hydroxylation is 2. The number of aromatic nitrogens is 3. The fourth-order valence-electron chi connectivity index (χ4n) is 3.04. The maximum atomic E-state index is 12.7. The molecule has 26 heavy (non-hydrogen) atoms. The topological polar surface area (TPSA) is 71.5 Å². The quantitative estimate of drug-likeness (QED) is 0.813. The lowest BCUT2D eigenvalue weighted by Crippen LogP contribution is -2.46. The molecule has 7 heteroatoms. The smallest absolute Gasteiger partial charge is 0.257 e. The van der Waals surface area contributed by atoms with Crippen molar-refractivity contribution in [1.29, 1.82) is 0 Å². The number of morpholine rings is 1. The first-order chi connectivity index (χ1) is 12.5. The largest absolute Gasteiger partial charge is 0.375 e. The molecule has 0 aliphatic carbocycles. The van der Waals surface area contributed by atoms with E-state index >= 15 is 0 Å². The summed E-state index contributed by atoms with van der Waals surface area (Å²) in [6, 6.07) is 4.12. The number of hydrogen-bond acceptors (Lipinski definition) is 6. The summed E-state index contributed by atoms with van der Waals surface area (Å²) in [6.45, 7) is 3.59. The standard InChI is InChI=1S/C19H25N5O2/c1-14-17(11-20-13-22-14)19(25)24-8-9-26-16(12-24)5-4-15-6-7-21-18(10-15)23(2)3/h6-7,10-11,13,16H,4-5,8-9,12H2,1-3H3. The molecule has 1 aliphatic heterocycles. The maximum Gasteiger partial charge on any atom is 0.257 e. The second-order valence-electron chi connectivity index (χ2n) is 6.72. The molecular weight excluding hydrogens is 330 g/mol. The van der Waals surface area contributed by atoms with Crippen LogP contribution in [0.25, 0.3) is 0 Å². The summed E-state index contributed by atoms with van der Waals surface area (Å²) in [5, 5.41) is 0. The van der Waals surface area contributed by atoms with E-state index in [9.17, 15) is 4.79 Å². The highest BCUT2D eigenvalue weighted by Crippen LogP contribution is 2.17. The SMILES string of the molecule is Cc1ncncc1C(=O)N1CCOC(CCc2ccnc(N(C)C)c2)C1. The van der Waals surface area contributed by atoms with Crippen LogP contribution < -0.4 is 4.90 Å². The van der Waals surface area contributed by atoms with Gasteiger partial charge in [0.1, 0.15) is 12.1 Å². The Balaban J connectivity index is 1.59. The van der Waals surface area contributed by atoms with E-state index < -0.39 is 0 Å². The van der Waals surface area contributed by atoms with Gasteiger partial charge in [0.15, 0.2) is 0 Å². The predicted molar refractivity (Wildman–Crippen MR) is 99.3 cm³/mol. The molecule has 0 spiro atoms. The van der Waals surface area contributed by atoms with Gasteiger partial charge in [-0.05, 0) is 37.5 Å². The fraction of sp³-hybridized carbons (Fsp3) is 0.474. The van der Waals surface area contributed by atoms with Crippen LogP contribution in [-0.2, 0) is 11.2 Å². The molecule has 0 saturated carbocycles. The summed E-state index contributed by atoms with van der Waals surface area (Å²) in [5.41, 5.74) is 2.50. The Labute approximate surface area is 154 Å². The Morgan fingerprint density at radius 1 is 1.38 bits per heavy atom. The fourth-order valence-corrected chi connectivity index (χ4v) is 3.04. The number of nitrogens with zero attached hydrogens (tertiary/aromatic N) is 5. The molecule has 1 fully saturated rings. The van der Waals surface area contributed by atoms with Crippen LogP contribution in [0.1, 0.15) is 28.0 Å². The van der Waals surface area contributed by atoms with Crippen molar-refractivity contribution >= 4 is 11.7 Å². The van der Waals surface area contributed by atoms with Gasteiger partial charge in [0, 0.05) is 39.6 Å². The minimum absolute atomic E-state index is 0.0183. The van der Waals surface area contributed by atoms with E-state index in [1.165, 1.54) is 11.9 Å². The number of carbonyl (C=O) groups is 1. The van der Waals surface area contributed by atoms with Crippen LogP contribution in [-0.4, -0.2) is 65.7 Å². The highest BCUT2D eigenvalue weighted by Gasteiger charge is 2.26. The van der Waals surface area contributed by atoms with Gasteiger partial charge in [-0.15, -0.1) is 0 Å². The number of amides is 1. The van der Waals surface area contributed by atoms with Crippen molar-refractivity contribution in [1.82, 2.24) is 19.9 Å². The van der Waals surface area contributed by atoms with Crippen LogP contribution in [0.5, 0.6) is 0 Å². The van der Waals surface area contributed by atoms with Gasteiger partial charge in [0.05, 0.1) is 24.0 Å². The Bertz CT molecular complexity index is 765. The van der Waals surface area contributed by atoms with E-state index in [4.69, 9.17) is 4.74 Å². The molecule has 1 saturated heterocycles.